The summed E-state index contributed by atoms with van der Waals surface area (Å²) in [6.07, 6.45) is 1.61. The maximum Gasteiger partial charge on any atom is 0.266 e. The predicted molar refractivity (Wildman–Crippen MR) is 102 cm³/mol. The van der Waals surface area contributed by atoms with Crippen LogP contribution < -0.4 is 5.32 Å². The SMILES string of the molecule is CC(C)c1ccc(/C=C(\C#N)C(=O)Nc2ccccc2I)cc1. The molecule has 3 nitrogen and oxygen atoms in total. The number of benzene rings is 2. The molecule has 0 unspecified atom stereocenters. The third-order valence-corrected chi connectivity index (χ3v) is 4.34. The number of nitriles is 1. The van der Waals surface area contributed by atoms with E-state index in [0.29, 0.717) is 11.6 Å². The molecule has 0 heterocycles. The van der Waals surface area contributed by atoms with Crippen molar-refractivity contribution in [1.82, 2.24) is 0 Å². The molecule has 0 saturated heterocycles. The summed E-state index contributed by atoms with van der Waals surface area (Å²) in [7, 11) is 0. The highest BCUT2D eigenvalue weighted by Gasteiger charge is 2.11. The predicted octanol–water partition coefficient (Wildman–Crippen LogP) is 4.96. The van der Waals surface area contributed by atoms with Crippen LogP contribution in [0.25, 0.3) is 6.08 Å². The van der Waals surface area contributed by atoms with Crippen LogP contribution in [0.3, 0.4) is 0 Å². The van der Waals surface area contributed by atoms with Crippen LogP contribution in [0.5, 0.6) is 0 Å². The topological polar surface area (TPSA) is 52.9 Å². The van der Waals surface area contributed by atoms with E-state index in [-0.39, 0.29) is 5.57 Å². The van der Waals surface area contributed by atoms with E-state index in [9.17, 15) is 10.1 Å². The van der Waals surface area contributed by atoms with Crippen LogP contribution in [0.2, 0.25) is 0 Å². The van der Waals surface area contributed by atoms with Crippen LogP contribution in [0, 0.1) is 14.9 Å². The summed E-state index contributed by atoms with van der Waals surface area (Å²) < 4.78 is 0.928. The van der Waals surface area contributed by atoms with Gasteiger partial charge in [-0.25, -0.2) is 0 Å². The van der Waals surface area contributed by atoms with E-state index in [0.717, 1.165) is 9.13 Å². The summed E-state index contributed by atoms with van der Waals surface area (Å²) in [5.74, 6) is 0.0523. The third-order valence-electron chi connectivity index (χ3n) is 3.40. The molecule has 116 valence electrons. The molecule has 2 aromatic rings. The Labute approximate surface area is 150 Å². The number of nitrogens with one attached hydrogen (secondary N) is 1. The minimum Gasteiger partial charge on any atom is -0.320 e. The number of carbonyl (C=O) groups excluding carboxylic acids is 1. The van der Waals surface area contributed by atoms with Crippen molar-refractivity contribution < 1.29 is 4.79 Å². The van der Waals surface area contributed by atoms with E-state index in [4.69, 9.17) is 0 Å². The van der Waals surface area contributed by atoms with Gasteiger partial charge in [0.05, 0.1) is 5.69 Å². The largest absolute Gasteiger partial charge is 0.320 e. The van der Waals surface area contributed by atoms with Gasteiger partial charge in [0.25, 0.3) is 5.91 Å². The Kier molecular flexibility index (Phi) is 5.94. The van der Waals surface area contributed by atoms with Gasteiger partial charge in [0.2, 0.25) is 0 Å². The van der Waals surface area contributed by atoms with Gasteiger partial charge in [0.1, 0.15) is 11.6 Å². The first-order chi connectivity index (χ1) is 11.0. The van der Waals surface area contributed by atoms with E-state index < -0.39 is 5.91 Å². The van der Waals surface area contributed by atoms with Crippen molar-refractivity contribution in [2.45, 2.75) is 19.8 Å². The Morgan fingerprint density at radius 1 is 1.17 bits per heavy atom. The third kappa shape index (κ3) is 4.67. The number of nitrogens with zero attached hydrogens (tertiary/aromatic N) is 1. The molecule has 2 aromatic carbocycles. The molecular weight excluding hydrogens is 399 g/mol. The summed E-state index contributed by atoms with van der Waals surface area (Å²) >= 11 is 2.15. The summed E-state index contributed by atoms with van der Waals surface area (Å²) in [6, 6.07) is 17.3. The zero-order valence-corrected chi connectivity index (χ0v) is 15.2. The van der Waals surface area contributed by atoms with E-state index in [1.807, 2.05) is 54.6 Å². The van der Waals surface area contributed by atoms with Gasteiger partial charge in [-0.1, -0.05) is 50.2 Å². The molecular formula is C19H17IN2O. The van der Waals surface area contributed by atoms with Gasteiger partial charge in [0.15, 0.2) is 0 Å². The summed E-state index contributed by atoms with van der Waals surface area (Å²) in [6.45, 7) is 4.25. The smallest absolute Gasteiger partial charge is 0.266 e. The van der Waals surface area contributed by atoms with Crippen LogP contribution in [0.1, 0.15) is 30.9 Å². The fourth-order valence-electron chi connectivity index (χ4n) is 2.04. The molecule has 0 fully saturated rings. The molecule has 0 aliphatic carbocycles. The maximum absolute atomic E-state index is 12.3. The molecule has 0 bridgehead atoms. The maximum atomic E-state index is 12.3. The fraction of sp³-hybridized carbons (Fsp3) is 0.158. The van der Waals surface area contributed by atoms with Gasteiger partial charge < -0.3 is 5.32 Å². The molecule has 4 heteroatoms. The van der Waals surface area contributed by atoms with Crippen molar-refractivity contribution in [3.8, 4) is 6.07 Å². The van der Waals surface area contributed by atoms with Crippen LogP contribution in [-0.2, 0) is 4.79 Å². The highest BCUT2D eigenvalue weighted by Crippen LogP contribution is 2.19. The van der Waals surface area contributed by atoms with Crippen molar-refractivity contribution in [3.05, 3.63) is 68.8 Å². The van der Waals surface area contributed by atoms with Crippen molar-refractivity contribution in [3.63, 3.8) is 0 Å². The quantitative estimate of drug-likeness (QED) is 0.435. The van der Waals surface area contributed by atoms with Crippen molar-refractivity contribution >= 4 is 40.3 Å². The van der Waals surface area contributed by atoms with Crippen molar-refractivity contribution in [2.24, 2.45) is 0 Å². The number of para-hydroxylation sites is 1. The zero-order valence-electron chi connectivity index (χ0n) is 13.0. The van der Waals surface area contributed by atoms with Gasteiger partial charge in [-0.15, -0.1) is 0 Å². The minimum absolute atomic E-state index is 0.0851. The lowest BCUT2D eigenvalue weighted by Gasteiger charge is -2.07. The highest BCUT2D eigenvalue weighted by atomic mass is 127. The summed E-state index contributed by atoms with van der Waals surface area (Å²) in [5.41, 5.74) is 2.85. The van der Waals surface area contributed by atoms with E-state index in [1.54, 1.807) is 6.08 Å². The van der Waals surface area contributed by atoms with Gasteiger partial charge in [-0.3, -0.25) is 4.79 Å². The van der Waals surface area contributed by atoms with Crippen LogP contribution in [-0.4, -0.2) is 5.91 Å². The van der Waals surface area contributed by atoms with Gasteiger partial charge in [0, 0.05) is 3.57 Å². The van der Waals surface area contributed by atoms with Crippen molar-refractivity contribution in [1.29, 1.82) is 5.26 Å². The summed E-state index contributed by atoms with van der Waals surface area (Å²) in [5, 5.41) is 12.0. The summed E-state index contributed by atoms with van der Waals surface area (Å²) in [4.78, 5) is 12.3. The Morgan fingerprint density at radius 2 is 1.83 bits per heavy atom. The number of hydrogen-bond acceptors (Lipinski definition) is 2. The molecule has 0 aliphatic heterocycles. The second-order valence-corrected chi connectivity index (χ2v) is 6.59. The van der Waals surface area contributed by atoms with E-state index in [1.165, 1.54) is 5.56 Å². The van der Waals surface area contributed by atoms with Crippen LogP contribution in [0.15, 0.2) is 54.1 Å². The molecule has 2 rings (SSSR count). The first-order valence-electron chi connectivity index (χ1n) is 7.29. The number of amides is 1. The Morgan fingerprint density at radius 3 is 2.39 bits per heavy atom. The number of rotatable bonds is 4. The average molecular weight is 416 g/mol. The molecule has 0 aromatic heterocycles. The standard InChI is InChI=1S/C19H17IN2O/c1-13(2)15-9-7-14(8-10-15)11-16(12-21)19(23)22-18-6-4-3-5-17(18)20/h3-11,13H,1-2H3,(H,22,23)/b16-11+. The first-order valence-corrected chi connectivity index (χ1v) is 8.36. The number of hydrogen-bond donors (Lipinski definition) is 1. The van der Waals surface area contributed by atoms with Crippen LogP contribution >= 0.6 is 22.6 Å². The lowest BCUT2D eigenvalue weighted by atomic mass is 10.0. The lowest BCUT2D eigenvalue weighted by molar-refractivity contribution is -0.112. The molecule has 0 radical (unpaired) electrons. The Balaban J connectivity index is 2.20. The van der Waals surface area contributed by atoms with E-state index >= 15 is 0 Å². The van der Waals surface area contributed by atoms with Crippen LogP contribution in [0.4, 0.5) is 5.69 Å². The fourth-order valence-corrected chi connectivity index (χ4v) is 2.57. The van der Waals surface area contributed by atoms with Crippen molar-refractivity contribution in [2.75, 3.05) is 5.32 Å². The minimum atomic E-state index is -0.399. The molecule has 0 atom stereocenters. The number of halogens is 1. The Hall–Kier alpha value is -2.13. The second-order valence-electron chi connectivity index (χ2n) is 5.43. The van der Waals surface area contributed by atoms with Gasteiger partial charge in [-0.05, 0) is 57.8 Å². The number of anilines is 1. The number of carbonyl (C=O) groups is 1. The second kappa shape index (κ2) is 7.93. The first kappa shape index (κ1) is 17.2. The van der Waals surface area contributed by atoms with E-state index in [2.05, 4.69) is 41.8 Å². The molecule has 0 saturated carbocycles. The monoisotopic (exact) mass is 416 g/mol. The molecule has 1 N–H and O–H groups in total. The zero-order chi connectivity index (χ0) is 16.8. The van der Waals surface area contributed by atoms with Gasteiger partial charge in [-0.2, -0.15) is 5.26 Å². The Bertz CT molecular complexity index is 771. The highest BCUT2D eigenvalue weighted by molar-refractivity contribution is 14.1. The molecule has 23 heavy (non-hydrogen) atoms. The normalized spacial score (nSPS) is 11.2. The molecule has 0 spiro atoms. The molecule has 1 amide bonds. The lowest BCUT2D eigenvalue weighted by Crippen LogP contribution is -2.14. The van der Waals surface area contributed by atoms with Gasteiger partial charge >= 0.3 is 0 Å². The molecule has 0 aliphatic rings. The average Bonchev–Trinajstić information content (AvgIpc) is 2.55.